The second-order valence-corrected chi connectivity index (χ2v) is 10.5. The lowest BCUT2D eigenvalue weighted by Crippen LogP contribution is -2.50. The van der Waals surface area contributed by atoms with Crippen LogP contribution in [0.5, 0.6) is 0 Å². The van der Waals surface area contributed by atoms with Crippen LogP contribution in [0, 0.1) is 12.7 Å². The summed E-state index contributed by atoms with van der Waals surface area (Å²) >= 11 is 0. The van der Waals surface area contributed by atoms with Crippen molar-refractivity contribution in [3.63, 3.8) is 0 Å². The van der Waals surface area contributed by atoms with Crippen molar-refractivity contribution in [2.45, 2.75) is 44.6 Å². The average Bonchev–Trinajstić information content (AvgIpc) is 2.82. The van der Waals surface area contributed by atoms with Gasteiger partial charge >= 0.3 is 0 Å². The smallest absolute Gasteiger partial charge is 0.243 e. The molecule has 0 bridgehead atoms. The fraction of sp³-hybridized carbons (Fsp3) is 0.480. The molecule has 0 aromatic heterocycles. The minimum atomic E-state index is -3.49. The normalized spacial score (nSPS) is 15.5. The number of benzene rings is 2. The molecule has 0 saturated carbocycles. The Bertz CT molecular complexity index is 1000. The second kappa shape index (κ2) is 11.7. The highest BCUT2D eigenvalue weighted by atomic mass is 32.2. The molecule has 1 heterocycles. The molecule has 2 aromatic carbocycles. The molecular weight excluding hydrogens is 441 g/mol. The van der Waals surface area contributed by atoms with Crippen LogP contribution >= 0.6 is 0 Å². The van der Waals surface area contributed by atoms with Gasteiger partial charge in [-0.3, -0.25) is 9.69 Å². The highest BCUT2D eigenvalue weighted by Gasteiger charge is 2.28. The number of hydrogen-bond donors (Lipinski definition) is 0. The minimum absolute atomic E-state index is 0.0989. The van der Waals surface area contributed by atoms with E-state index in [2.05, 4.69) is 11.8 Å². The van der Waals surface area contributed by atoms with Crippen LogP contribution in [0.1, 0.15) is 37.3 Å². The third kappa shape index (κ3) is 7.09. The van der Waals surface area contributed by atoms with Crippen molar-refractivity contribution in [2.75, 3.05) is 39.3 Å². The Morgan fingerprint density at radius 3 is 2.24 bits per heavy atom. The molecule has 3 rings (SSSR count). The molecule has 0 radical (unpaired) electrons. The number of unbranched alkanes of at least 4 members (excludes halogenated alkanes) is 1. The van der Waals surface area contributed by atoms with E-state index in [0.717, 1.165) is 24.0 Å². The van der Waals surface area contributed by atoms with Gasteiger partial charge in [-0.05, 0) is 43.2 Å². The fourth-order valence-corrected chi connectivity index (χ4v) is 5.33. The monoisotopic (exact) mass is 475 g/mol. The Kier molecular flexibility index (Phi) is 9.00. The van der Waals surface area contributed by atoms with E-state index in [-0.39, 0.29) is 11.7 Å². The topological polar surface area (TPSA) is 60.9 Å². The molecule has 33 heavy (non-hydrogen) atoms. The molecule has 8 heteroatoms. The molecule has 2 aromatic rings. The Labute approximate surface area is 197 Å². The van der Waals surface area contributed by atoms with Crippen molar-refractivity contribution in [3.05, 3.63) is 65.5 Å². The van der Waals surface area contributed by atoms with Gasteiger partial charge in [0.25, 0.3) is 0 Å². The third-order valence-corrected chi connectivity index (χ3v) is 7.97. The predicted molar refractivity (Wildman–Crippen MR) is 128 cm³/mol. The van der Waals surface area contributed by atoms with Gasteiger partial charge in [-0.25, -0.2) is 12.8 Å². The van der Waals surface area contributed by atoms with Gasteiger partial charge in [0.1, 0.15) is 5.82 Å². The van der Waals surface area contributed by atoms with Crippen LogP contribution in [0.4, 0.5) is 4.39 Å². The van der Waals surface area contributed by atoms with Gasteiger partial charge in [-0.2, -0.15) is 4.31 Å². The maximum absolute atomic E-state index is 13.2. The van der Waals surface area contributed by atoms with Crippen molar-refractivity contribution < 1.29 is 17.6 Å². The van der Waals surface area contributed by atoms with Crippen LogP contribution in [-0.4, -0.2) is 67.7 Å². The summed E-state index contributed by atoms with van der Waals surface area (Å²) in [4.78, 5) is 17.1. The number of rotatable bonds is 10. The van der Waals surface area contributed by atoms with Gasteiger partial charge in [-0.15, -0.1) is 0 Å². The van der Waals surface area contributed by atoms with E-state index in [1.54, 1.807) is 24.3 Å². The third-order valence-electron chi connectivity index (χ3n) is 6.06. The van der Waals surface area contributed by atoms with Crippen molar-refractivity contribution >= 4 is 15.9 Å². The maximum atomic E-state index is 13.2. The van der Waals surface area contributed by atoms with Gasteiger partial charge in [0.15, 0.2) is 0 Å². The zero-order valence-corrected chi connectivity index (χ0v) is 20.4. The van der Waals surface area contributed by atoms with Crippen LogP contribution in [0.2, 0.25) is 0 Å². The summed E-state index contributed by atoms with van der Waals surface area (Å²) in [6, 6.07) is 13.2. The number of nitrogens with zero attached hydrogens (tertiary/aromatic N) is 3. The number of hydrogen-bond acceptors (Lipinski definition) is 4. The molecule has 1 saturated heterocycles. The van der Waals surface area contributed by atoms with Crippen molar-refractivity contribution in [1.82, 2.24) is 14.1 Å². The highest BCUT2D eigenvalue weighted by molar-refractivity contribution is 7.89. The van der Waals surface area contributed by atoms with Gasteiger partial charge in [-0.1, -0.05) is 43.2 Å². The first-order valence-electron chi connectivity index (χ1n) is 11.6. The minimum Gasteiger partial charge on any atom is -0.337 e. The molecule has 1 fully saturated rings. The van der Waals surface area contributed by atoms with E-state index in [4.69, 9.17) is 0 Å². The molecular formula is C25H34FN3O3S. The standard InChI is InChI=1S/C25H34FN3O3S/c1-3-4-5-25(30)28(20-22-8-10-23(26)11-9-22)17-14-27-15-18-29(19-16-27)33(31,32)24-12-6-21(2)7-13-24/h6-13H,3-5,14-20H2,1-2H3. The van der Waals surface area contributed by atoms with Gasteiger partial charge in [0.2, 0.25) is 15.9 Å². The van der Waals surface area contributed by atoms with E-state index in [0.29, 0.717) is 57.1 Å². The van der Waals surface area contributed by atoms with Crippen LogP contribution < -0.4 is 0 Å². The predicted octanol–water partition coefficient (Wildman–Crippen LogP) is 3.66. The summed E-state index contributed by atoms with van der Waals surface area (Å²) in [5.41, 5.74) is 1.92. The van der Waals surface area contributed by atoms with Crippen molar-refractivity contribution in [2.24, 2.45) is 0 Å². The van der Waals surface area contributed by atoms with Gasteiger partial charge in [0, 0.05) is 52.2 Å². The first-order valence-corrected chi connectivity index (χ1v) is 13.0. The van der Waals surface area contributed by atoms with E-state index in [9.17, 15) is 17.6 Å². The number of piperazine rings is 1. The lowest BCUT2D eigenvalue weighted by atomic mass is 10.1. The Hall–Kier alpha value is -2.29. The number of carbonyl (C=O) groups excluding carboxylic acids is 1. The lowest BCUT2D eigenvalue weighted by Gasteiger charge is -2.35. The maximum Gasteiger partial charge on any atom is 0.243 e. The van der Waals surface area contributed by atoms with Crippen LogP contribution in [0.3, 0.4) is 0 Å². The van der Waals surface area contributed by atoms with Crippen LogP contribution in [-0.2, 0) is 21.4 Å². The summed E-state index contributed by atoms with van der Waals surface area (Å²) in [5.74, 6) is -0.192. The largest absolute Gasteiger partial charge is 0.337 e. The summed E-state index contributed by atoms with van der Waals surface area (Å²) in [6.45, 7) is 7.78. The van der Waals surface area contributed by atoms with Gasteiger partial charge in [0.05, 0.1) is 4.90 Å². The zero-order chi connectivity index (χ0) is 23.8. The Morgan fingerprint density at radius 2 is 1.64 bits per heavy atom. The quantitative estimate of drug-likeness (QED) is 0.526. The number of carbonyl (C=O) groups is 1. The van der Waals surface area contributed by atoms with Crippen molar-refractivity contribution in [1.29, 1.82) is 0 Å². The number of amides is 1. The van der Waals surface area contributed by atoms with E-state index in [1.807, 2.05) is 24.0 Å². The summed E-state index contributed by atoms with van der Waals surface area (Å²) in [7, 11) is -3.49. The number of halogens is 1. The molecule has 0 N–H and O–H groups in total. The molecule has 0 atom stereocenters. The number of sulfonamides is 1. The molecule has 1 aliphatic heterocycles. The fourth-order valence-electron chi connectivity index (χ4n) is 3.90. The molecule has 0 unspecified atom stereocenters. The SMILES string of the molecule is CCCCC(=O)N(CCN1CCN(S(=O)(=O)c2ccc(C)cc2)CC1)Cc1ccc(F)cc1. The highest BCUT2D eigenvalue weighted by Crippen LogP contribution is 2.18. The van der Waals surface area contributed by atoms with Gasteiger partial charge < -0.3 is 4.90 Å². The summed E-state index contributed by atoms with van der Waals surface area (Å²) in [6.07, 6.45) is 2.29. The van der Waals surface area contributed by atoms with Crippen LogP contribution in [0.15, 0.2) is 53.4 Å². The zero-order valence-electron chi connectivity index (χ0n) is 19.5. The second-order valence-electron chi connectivity index (χ2n) is 8.60. The molecule has 6 nitrogen and oxygen atoms in total. The average molecular weight is 476 g/mol. The lowest BCUT2D eigenvalue weighted by molar-refractivity contribution is -0.132. The van der Waals surface area contributed by atoms with E-state index >= 15 is 0 Å². The number of aryl methyl sites for hydroxylation is 1. The molecule has 0 spiro atoms. The first-order chi connectivity index (χ1) is 15.8. The first kappa shape index (κ1) is 25.3. The van der Waals surface area contributed by atoms with Crippen molar-refractivity contribution in [3.8, 4) is 0 Å². The molecule has 180 valence electrons. The van der Waals surface area contributed by atoms with Crippen LogP contribution in [0.25, 0.3) is 0 Å². The van der Waals surface area contributed by atoms with E-state index in [1.165, 1.54) is 16.4 Å². The summed E-state index contributed by atoms with van der Waals surface area (Å²) in [5, 5.41) is 0. The Balaban J connectivity index is 1.56. The molecule has 0 aliphatic carbocycles. The van der Waals surface area contributed by atoms with E-state index < -0.39 is 10.0 Å². The molecule has 1 amide bonds. The molecule has 1 aliphatic rings. The Morgan fingerprint density at radius 1 is 1.00 bits per heavy atom. The summed E-state index contributed by atoms with van der Waals surface area (Å²) < 4.78 is 40.6.